The topological polar surface area (TPSA) is 95.9 Å². The van der Waals surface area contributed by atoms with E-state index < -0.39 is 23.4 Å². The van der Waals surface area contributed by atoms with Crippen molar-refractivity contribution in [1.29, 1.82) is 0 Å². The lowest BCUT2D eigenvalue weighted by atomic mass is 10.0. The molecule has 0 radical (unpaired) electrons. The number of carboxylic acids is 1. The van der Waals surface area contributed by atoms with Gasteiger partial charge in [0.05, 0.1) is 11.1 Å². The molecule has 0 aliphatic carbocycles. The molecule has 138 valence electrons. The molecule has 0 atom stereocenters. The van der Waals surface area contributed by atoms with Crippen molar-refractivity contribution in [1.82, 2.24) is 15.0 Å². The van der Waals surface area contributed by atoms with Gasteiger partial charge in [0.25, 0.3) is 0 Å². The van der Waals surface area contributed by atoms with Gasteiger partial charge in [0.1, 0.15) is 5.82 Å². The molecule has 0 amide bonds. The molecule has 2 aromatic carbocycles. The Balaban J connectivity index is 2.09. The summed E-state index contributed by atoms with van der Waals surface area (Å²) >= 11 is 0. The average Bonchev–Trinajstić information content (AvgIpc) is 2.60. The van der Waals surface area contributed by atoms with E-state index >= 15 is 0 Å². The summed E-state index contributed by atoms with van der Waals surface area (Å²) in [5.41, 5.74) is -0.319. The number of carboxylic acid groups (broad SMARTS) is 1. The van der Waals surface area contributed by atoms with Crippen LogP contribution in [0.3, 0.4) is 0 Å². The average molecular weight is 375 g/mol. The SMILES string of the molecule is Cc1ccc(C(=O)O)cc1-c1nc(-c2ccc(C(F)(F)F)cc2)nc(=O)[nH]1. The number of nitrogens with one attached hydrogen (secondary N) is 1. The van der Waals surface area contributed by atoms with Gasteiger partial charge >= 0.3 is 17.8 Å². The maximum Gasteiger partial charge on any atom is 0.416 e. The number of aromatic nitrogens is 3. The van der Waals surface area contributed by atoms with Crippen LogP contribution in [0.25, 0.3) is 22.8 Å². The van der Waals surface area contributed by atoms with Crippen LogP contribution < -0.4 is 5.69 Å². The molecule has 3 aromatic rings. The third-order valence-corrected chi connectivity index (χ3v) is 3.86. The van der Waals surface area contributed by atoms with Crippen molar-refractivity contribution in [3.8, 4) is 22.8 Å². The fraction of sp³-hybridized carbons (Fsp3) is 0.111. The Kier molecular flexibility index (Phi) is 4.52. The van der Waals surface area contributed by atoms with Gasteiger partial charge in [0, 0.05) is 11.1 Å². The number of hydrogen-bond acceptors (Lipinski definition) is 4. The van der Waals surface area contributed by atoms with Gasteiger partial charge in [-0.3, -0.25) is 4.98 Å². The Bertz CT molecular complexity index is 1070. The Morgan fingerprint density at radius 3 is 2.33 bits per heavy atom. The number of aromatic carboxylic acids is 1. The van der Waals surface area contributed by atoms with Crippen LogP contribution in [-0.4, -0.2) is 26.0 Å². The highest BCUT2D eigenvalue weighted by molar-refractivity contribution is 5.89. The van der Waals surface area contributed by atoms with Crippen molar-refractivity contribution in [2.24, 2.45) is 0 Å². The summed E-state index contributed by atoms with van der Waals surface area (Å²) in [7, 11) is 0. The fourth-order valence-electron chi connectivity index (χ4n) is 2.46. The van der Waals surface area contributed by atoms with Gasteiger partial charge in [-0.05, 0) is 36.8 Å². The molecule has 0 saturated carbocycles. The first-order chi connectivity index (χ1) is 12.6. The number of benzene rings is 2. The Hall–Kier alpha value is -3.49. The van der Waals surface area contributed by atoms with E-state index in [1.807, 2.05) is 0 Å². The van der Waals surface area contributed by atoms with Gasteiger partial charge in [-0.2, -0.15) is 18.2 Å². The number of aromatic amines is 1. The zero-order valence-corrected chi connectivity index (χ0v) is 13.8. The molecule has 0 saturated heterocycles. The second-order valence-electron chi connectivity index (χ2n) is 5.74. The van der Waals surface area contributed by atoms with Gasteiger partial charge in [-0.25, -0.2) is 14.6 Å². The van der Waals surface area contributed by atoms with E-state index in [2.05, 4.69) is 15.0 Å². The summed E-state index contributed by atoms with van der Waals surface area (Å²) < 4.78 is 38.1. The highest BCUT2D eigenvalue weighted by Crippen LogP contribution is 2.30. The van der Waals surface area contributed by atoms with Crippen molar-refractivity contribution in [3.05, 3.63) is 69.6 Å². The molecule has 0 bridgehead atoms. The minimum absolute atomic E-state index is 0.00569. The quantitative estimate of drug-likeness (QED) is 0.730. The van der Waals surface area contributed by atoms with Gasteiger partial charge in [-0.15, -0.1) is 0 Å². The molecule has 27 heavy (non-hydrogen) atoms. The van der Waals surface area contributed by atoms with Crippen LogP contribution in [-0.2, 0) is 6.18 Å². The molecule has 0 unspecified atom stereocenters. The number of halogens is 3. The first-order valence-electron chi connectivity index (χ1n) is 7.65. The van der Waals surface area contributed by atoms with Gasteiger partial charge in [-0.1, -0.05) is 18.2 Å². The number of aryl methyl sites for hydroxylation is 1. The zero-order valence-electron chi connectivity index (χ0n) is 13.8. The van der Waals surface area contributed by atoms with Crippen LogP contribution in [0.5, 0.6) is 0 Å². The molecule has 6 nitrogen and oxygen atoms in total. The standard InChI is InChI=1S/C18H12F3N3O3/c1-9-2-3-11(16(25)26)8-13(9)15-22-14(23-17(27)24-15)10-4-6-12(7-5-10)18(19,20)21/h2-8H,1H3,(H,25,26)(H,22,23,24,27). The van der Waals surface area contributed by atoms with Crippen LogP contribution in [0, 0.1) is 6.92 Å². The highest BCUT2D eigenvalue weighted by Gasteiger charge is 2.30. The number of alkyl halides is 3. The van der Waals surface area contributed by atoms with E-state index in [4.69, 9.17) is 5.11 Å². The van der Waals surface area contributed by atoms with Crippen LogP contribution in [0.4, 0.5) is 13.2 Å². The van der Waals surface area contributed by atoms with Crippen molar-refractivity contribution in [3.63, 3.8) is 0 Å². The van der Waals surface area contributed by atoms with Crippen molar-refractivity contribution >= 4 is 5.97 Å². The first kappa shape index (κ1) is 18.3. The fourth-order valence-corrected chi connectivity index (χ4v) is 2.46. The number of nitrogens with zero attached hydrogens (tertiary/aromatic N) is 2. The third kappa shape index (κ3) is 3.86. The van der Waals surface area contributed by atoms with E-state index in [1.165, 1.54) is 24.3 Å². The predicted molar refractivity (Wildman–Crippen MR) is 90.2 cm³/mol. The monoisotopic (exact) mass is 375 g/mol. The maximum absolute atomic E-state index is 12.7. The minimum Gasteiger partial charge on any atom is -0.478 e. The summed E-state index contributed by atoms with van der Waals surface area (Å²) in [5, 5.41) is 9.13. The van der Waals surface area contributed by atoms with Crippen LogP contribution in [0.15, 0.2) is 47.3 Å². The summed E-state index contributed by atoms with van der Waals surface area (Å²) in [6, 6.07) is 8.41. The molecule has 9 heteroatoms. The van der Waals surface area contributed by atoms with E-state index in [0.717, 1.165) is 12.1 Å². The smallest absolute Gasteiger partial charge is 0.416 e. The van der Waals surface area contributed by atoms with Gasteiger partial charge in [0.15, 0.2) is 5.82 Å². The van der Waals surface area contributed by atoms with E-state index in [1.54, 1.807) is 13.0 Å². The second-order valence-corrected chi connectivity index (χ2v) is 5.74. The van der Waals surface area contributed by atoms with Crippen LogP contribution in [0.2, 0.25) is 0 Å². The van der Waals surface area contributed by atoms with Gasteiger partial charge < -0.3 is 5.11 Å². The molecule has 0 aliphatic heterocycles. The summed E-state index contributed by atoms with van der Waals surface area (Å²) in [5.74, 6) is -1.14. The van der Waals surface area contributed by atoms with E-state index in [-0.39, 0.29) is 22.8 Å². The lowest BCUT2D eigenvalue weighted by Crippen LogP contribution is -2.15. The molecule has 0 spiro atoms. The molecular formula is C18H12F3N3O3. The Labute approximate surface area is 150 Å². The lowest BCUT2D eigenvalue weighted by molar-refractivity contribution is -0.137. The lowest BCUT2D eigenvalue weighted by Gasteiger charge is -2.09. The Morgan fingerprint density at radius 1 is 1.07 bits per heavy atom. The maximum atomic E-state index is 12.7. The molecule has 3 rings (SSSR count). The Morgan fingerprint density at radius 2 is 1.74 bits per heavy atom. The molecule has 1 heterocycles. The van der Waals surface area contributed by atoms with Crippen molar-refractivity contribution in [2.45, 2.75) is 13.1 Å². The molecular weight excluding hydrogens is 363 g/mol. The first-order valence-corrected chi connectivity index (χ1v) is 7.65. The van der Waals surface area contributed by atoms with Crippen LogP contribution >= 0.6 is 0 Å². The number of hydrogen-bond donors (Lipinski definition) is 2. The summed E-state index contributed by atoms with van der Waals surface area (Å²) in [4.78, 5) is 33.4. The number of H-pyrrole nitrogens is 1. The number of carbonyl (C=O) groups is 1. The predicted octanol–water partition coefficient (Wildman–Crippen LogP) is 3.52. The number of rotatable bonds is 3. The summed E-state index contributed by atoms with van der Waals surface area (Å²) in [6.07, 6.45) is -4.48. The molecule has 2 N–H and O–H groups in total. The molecule has 1 aromatic heterocycles. The summed E-state index contributed by atoms with van der Waals surface area (Å²) in [6.45, 7) is 1.71. The third-order valence-electron chi connectivity index (χ3n) is 3.86. The van der Waals surface area contributed by atoms with Crippen LogP contribution in [0.1, 0.15) is 21.5 Å². The van der Waals surface area contributed by atoms with E-state index in [9.17, 15) is 22.8 Å². The zero-order chi connectivity index (χ0) is 19.8. The van der Waals surface area contributed by atoms with E-state index in [0.29, 0.717) is 11.1 Å². The highest BCUT2D eigenvalue weighted by atomic mass is 19.4. The minimum atomic E-state index is -4.48. The van der Waals surface area contributed by atoms with Crippen molar-refractivity contribution < 1.29 is 23.1 Å². The largest absolute Gasteiger partial charge is 0.478 e. The molecule has 0 fully saturated rings. The van der Waals surface area contributed by atoms with Crippen molar-refractivity contribution in [2.75, 3.05) is 0 Å². The molecule has 0 aliphatic rings. The van der Waals surface area contributed by atoms with Gasteiger partial charge in [0.2, 0.25) is 0 Å². The second kappa shape index (κ2) is 6.67. The normalized spacial score (nSPS) is 11.4.